The van der Waals surface area contributed by atoms with Gasteiger partial charge in [0.25, 0.3) is 5.88 Å². The van der Waals surface area contributed by atoms with Gasteiger partial charge in [0, 0.05) is 5.92 Å². The Bertz CT molecular complexity index is 1440. The van der Waals surface area contributed by atoms with Crippen molar-refractivity contribution in [2.24, 2.45) is 5.92 Å². The van der Waals surface area contributed by atoms with Gasteiger partial charge in [-0.3, -0.25) is 14.9 Å². The Morgan fingerprint density at radius 1 is 0.949 bits per heavy atom. The number of carbonyl (C=O) groups is 3. The van der Waals surface area contributed by atoms with Gasteiger partial charge in [0.2, 0.25) is 11.9 Å². The number of nitrogens with zero attached hydrogens (tertiary/aromatic N) is 5. The summed E-state index contributed by atoms with van der Waals surface area (Å²) in [7, 11) is 0. The van der Waals surface area contributed by atoms with Gasteiger partial charge in [-0.15, -0.1) is 0 Å². The topological polar surface area (TPSA) is 129 Å². The first-order valence-corrected chi connectivity index (χ1v) is 12.4. The molecular weight excluding hydrogens is 500 g/mol. The number of nitrogens with one attached hydrogen (secondary N) is 1. The Kier molecular flexibility index (Phi) is 7.89. The highest BCUT2D eigenvalue weighted by molar-refractivity contribution is 5.98. The molecule has 0 atom stereocenters. The molecule has 0 aliphatic rings. The number of hydrogen-bond donors (Lipinski definition) is 1. The molecule has 0 aliphatic heterocycles. The number of carbonyl (C=O) groups excluding carboxylic acids is 3. The van der Waals surface area contributed by atoms with Crippen molar-refractivity contribution < 1.29 is 23.9 Å². The summed E-state index contributed by atoms with van der Waals surface area (Å²) in [5.41, 5.74) is 0.753. The third kappa shape index (κ3) is 6.75. The number of aromatic nitrogens is 4. The molecule has 0 fully saturated rings. The van der Waals surface area contributed by atoms with Crippen LogP contribution in [0.5, 0.6) is 5.88 Å². The van der Waals surface area contributed by atoms with E-state index in [0.29, 0.717) is 11.4 Å². The number of hydrogen-bond acceptors (Lipinski definition) is 8. The Hall–Kier alpha value is -4.80. The lowest BCUT2D eigenvalue weighted by atomic mass is 10.2. The smallest absolute Gasteiger partial charge is 0.425 e. The average Bonchev–Trinajstić information content (AvgIpc) is 3.26. The first-order chi connectivity index (χ1) is 18.5. The third-order valence-corrected chi connectivity index (χ3v) is 5.31. The van der Waals surface area contributed by atoms with E-state index in [1.54, 1.807) is 83.1 Å². The number of benzene rings is 2. The maximum atomic E-state index is 13.7. The molecule has 0 spiro atoms. The number of esters is 1. The summed E-state index contributed by atoms with van der Waals surface area (Å²) in [5.74, 6) is -1.45. The second-order valence-electron chi connectivity index (χ2n) is 10.0. The highest BCUT2D eigenvalue weighted by Crippen LogP contribution is 2.29. The van der Waals surface area contributed by atoms with Crippen LogP contribution in [0.3, 0.4) is 0 Å². The van der Waals surface area contributed by atoms with E-state index in [1.807, 2.05) is 12.1 Å². The largest absolute Gasteiger partial charge is 0.459 e. The second kappa shape index (κ2) is 11.3. The zero-order valence-electron chi connectivity index (χ0n) is 22.4. The van der Waals surface area contributed by atoms with E-state index in [9.17, 15) is 14.4 Å². The molecule has 0 radical (unpaired) electrons. The van der Waals surface area contributed by atoms with E-state index >= 15 is 0 Å². The molecule has 2 heterocycles. The highest BCUT2D eigenvalue weighted by Gasteiger charge is 2.26. The van der Waals surface area contributed by atoms with Crippen molar-refractivity contribution in [1.82, 2.24) is 19.5 Å². The van der Waals surface area contributed by atoms with Crippen molar-refractivity contribution >= 4 is 46.5 Å². The van der Waals surface area contributed by atoms with E-state index in [1.165, 1.54) is 15.8 Å². The fourth-order valence-electron chi connectivity index (χ4n) is 3.60. The number of ether oxygens (including phenoxy) is 2. The summed E-state index contributed by atoms with van der Waals surface area (Å²) >= 11 is 0. The highest BCUT2D eigenvalue weighted by atomic mass is 16.6. The average molecular weight is 531 g/mol. The van der Waals surface area contributed by atoms with Crippen molar-refractivity contribution in [3.63, 3.8) is 0 Å². The Balaban J connectivity index is 1.77. The maximum absolute atomic E-state index is 13.7. The first-order valence-electron chi connectivity index (χ1n) is 12.4. The van der Waals surface area contributed by atoms with E-state index in [-0.39, 0.29) is 41.4 Å². The van der Waals surface area contributed by atoms with Crippen LogP contribution in [-0.2, 0) is 20.9 Å². The summed E-state index contributed by atoms with van der Waals surface area (Å²) < 4.78 is 12.7. The van der Waals surface area contributed by atoms with E-state index in [0.717, 1.165) is 0 Å². The van der Waals surface area contributed by atoms with Crippen molar-refractivity contribution in [1.29, 1.82) is 0 Å². The molecular formula is C28H30N6O5. The predicted molar refractivity (Wildman–Crippen MR) is 146 cm³/mol. The molecule has 0 saturated heterocycles. The van der Waals surface area contributed by atoms with Gasteiger partial charge in [0.05, 0.1) is 17.7 Å². The van der Waals surface area contributed by atoms with Crippen LogP contribution < -0.4 is 15.0 Å². The first kappa shape index (κ1) is 27.2. The summed E-state index contributed by atoms with van der Waals surface area (Å²) in [6, 6.07) is 18.0. The number of para-hydroxylation sites is 2. The number of fused-ring (bicyclic) bond motifs is 1. The number of rotatable bonds is 7. The molecule has 0 bridgehead atoms. The van der Waals surface area contributed by atoms with Crippen LogP contribution in [0.25, 0.3) is 11.2 Å². The summed E-state index contributed by atoms with van der Waals surface area (Å²) in [4.78, 5) is 52.9. The molecule has 2 aromatic carbocycles. The van der Waals surface area contributed by atoms with Gasteiger partial charge in [-0.25, -0.2) is 14.7 Å². The van der Waals surface area contributed by atoms with Gasteiger partial charge < -0.3 is 14.0 Å². The Labute approximate surface area is 225 Å². The number of imidazole rings is 1. The molecule has 0 saturated carbocycles. The Morgan fingerprint density at radius 2 is 1.54 bits per heavy atom. The van der Waals surface area contributed by atoms with Crippen LogP contribution in [0.4, 0.5) is 22.1 Å². The van der Waals surface area contributed by atoms with Gasteiger partial charge in [0.15, 0.2) is 11.2 Å². The van der Waals surface area contributed by atoms with Crippen LogP contribution in [0.2, 0.25) is 0 Å². The number of amides is 2. The number of anilines is 3. The van der Waals surface area contributed by atoms with Crippen molar-refractivity contribution in [2.75, 3.05) is 10.2 Å². The Morgan fingerprint density at radius 3 is 2.08 bits per heavy atom. The zero-order valence-corrected chi connectivity index (χ0v) is 22.4. The maximum Gasteiger partial charge on any atom is 0.425 e. The van der Waals surface area contributed by atoms with Crippen LogP contribution >= 0.6 is 0 Å². The fraction of sp³-hybridized carbons (Fsp3) is 0.286. The minimum absolute atomic E-state index is 0.0857. The molecule has 1 N–H and O–H groups in total. The lowest BCUT2D eigenvalue weighted by molar-refractivity contribution is -0.155. The molecule has 11 nitrogen and oxygen atoms in total. The molecule has 0 aliphatic carbocycles. The van der Waals surface area contributed by atoms with Gasteiger partial charge in [-0.05, 0) is 45.0 Å². The minimum atomic E-state index is -0.765. The van der Waals surface area contributed by atoms with E-state index < -0.39 is 17.7 Å². The second-order valence-corrected chi connectivity index (χ2v) is 10.0. The van der Waals surface area contributed by atoms with Gasteiger partial charge in [0.1, 0.15) is 12.1 Å². The molecule has 11 heteroatoms. The molecule has 4 aromatic rings. The quantitative estimate of drug-likeness (QED) is 0.327. The lowest BCUT2D eigenvalue weighted by Gasteiger charge is -2.22. The predicted octanol–water partition coefficient (Wildman–Crippen LogP) is 5.10. The normalized spacial score (nSPS) is 11.3. The van der Waals surface area contributed by atoms with E-state index in [4.69, 9.17) is 9.47 Å². The van der Waals surface area contributed by atoms with Crippen LogP contribution in [0.1, 0.15) is 34.6 Å². The SMILES string of the molecule is CC(C)C(=O)Nc1nc(OC(=O)N(c2ccccc2)c2ccccc2)c2c(ncn2CC(=O)OC(C)(C)C)n1. The van der Waals surface area contributed by atoms with Crippen molar-refractivity contribution in [3.05, 3.63) is 67.0 Å². The van der Waals surface area contributed by atoms with Crippen LogP contribution in [0, 0.1) is 5.92 Å². The fourth-order valence-corrected chi connectivity index (χ4v) is 3.60. The molecule has 0 unspecified atom stereocenters. The molecule has 202 valence electrons. The standard InChI is InChI=1S/C28H30N6O5/c1-18(2)24(36)31-26-30-23-22(33(17-29-23)16-21(35)39-28(3,4)5)25(32-26)38-27(37)34(19-12-8-6-9-13-19)20-14-10-7-11-15-20/h6-15,17-18H,16H2,1-5H3,(H,30,31,32,36). The molecule has 2 aromatic heterocycles. The van der Waals surface area contributed by atoms with Crippen LogP contribution in [-0.4, -0.2) is 43.1 Å². The van der Waals surface area contributed by atoms with Gasteiger partial charge in [-0.1, -0.05) is 50.2 Å². The summed E-state index contributed by atoms with van der Waals surface area (Å²) in [5, 5.41) is 2.61. The van der Waals surface area contributed by atoms with Crippen LogP contribution in [0.15, 0.2) is 67.0 Å². The van der Waals surface area contributed by atoms with Crippen molar-refractivity contribution in [2.45, 2.75) is 46.8 Å². The summed E-state index contributed by atoms with van der Waals surface area (Å²) in [6.07, 6.45) is 0.611. The summed E-state index contributed by atoms with van der Waals surface area (Å²) in [6.45, 7) is 8.51. The molecule has 2 amide bonds. The van der Waals surface area contributed by atoms with Crippen molar-refractivity contribution in [3.8, 4) is 5.88 Å². The van der Waals surface area contributed by atoms with Gasteiger partial charge in [-0.2, -0.15) is 9.97 Å². The minimum Gasteiger partial charge on any atom is -0.459 e. The van der Waals surface area contributed by atoms with Gasteiger partial charge >= 0.3 is 12.1 Å². The lowest BCUT2D eigenvalue weighted by Crippen LogP contribution is -2.30. The van der Waals surface area contributed by atoms with E-state index in [2.05, 4.69) is 20.3 Å². The molecule has 4 rings (SSSR count). The monoisotopic (exact) mass is 530 g/mol. The molecule has 39 heavy (non-hydrogen) atoms. The third-order valence-electron chi connectivity index (χ3n) is 5.31. The zero-order chi connectivity index (χ0) is 28.2.